The van der Waals surface area contributed by atoms with Crippen LogP contribution in [0, 0.1) is 17.8 Å². The minimum Gasteiger partial charge on any atom is -0.353 e. The van der Waals surface area contributed by atoms with Crippen LogP contribution in [0.3, 0.4) is 0 Å². The summed E-state index contributed by atoms with van der Waals surface area (Å²) in [6, 6.07) is 0.449. The molecular formula is C17H32N2O. The van der Waals surface area contributed by atoms with Crippen LogP contribution in [0.15, 0.2) is 0 Å². The zero-order chi connectivity index (χ0) is 14.5. The van der Waals surface area contributed by atoms with Gasteiger partial charge in [0.25, 0.3) is 0 Å². The third-order valence-electron chi connectivity index (χ3n) is 5.41. The van der Waals surface area contributed by atoms with Gasteiger partial charge < -0.3 is 11.1 Å². The molecule has 4 atom stereocenters. The molecule has 0 spiro atoms. The van der Waals surface area contributed by atoms with Crippen molar-refractivity contribution < 1.29 is 4.79 Å². The second-order valence-corrected chi connectivity index (χ2v) is 7.22. The van der Waals surface area contributed by atoms with E-state index in [1.807, 2.05) is 0 Å². The molecule has 116 valence electrons. The molecule has 0 aromatic rings. The predicted octanol–water partition coefficient (Wildman–Crippen LogP) is 3.23. The second-order valence-electron chi connectivity index (χ2n) is 7.22. The zero-order valence-corrected chi connectivity index (χ0v) is 13.2. The first-order valence-corrected chi connectivity index (χ1v) is 8.65. The average molecular weight is 280 g/mol. The van der Waals surface area contributed by atoms with Gasteiger partial charge in [0.2, 0.25) is 5.91 Å². The fraction of sp³-hybridized carbons (Fsp3) is 0.941. The molecule has 0 bridgehead atoms. The summed E-state index contributed by atoms with van der Waals surface area (Å²) in [5, 5.41) is 3.36. The van der Waals surface area contributed by atoms with Crippen molar-refractivity contribution in [1.29, 1.82) is 0 Å². The normalized spacial score (nSPS) is 35.6. The van der Waals surface area contributed by atoms with E-state index in [1.165, 1.54) is 32.1 Å². The van der Waals surface area contributed by atoms with E-state index in [-0.39, 0.29) is 17.9 Å². The Morgan fingerprint density at radius 3 is 2.40 bits per heavy atom. The van der Waals surface area contributed by atoms with Gasteiger partial charge in [-0.3, -0.25) is 4.79 Å². The molecule has 0 aromatic carbocycles. The summed E-state index contributed by atoms with van der Waals surface area (Å²) in [5.41, 5.74) is 6.22. The van der Waals surface area contributed by atoms with Crippen molar-refractivity contribution in [2.75, 3.05) is 0 Å². The molecule has 0 aromatic heterocycles. The van der Waals surface area contributed by atoms with E-state index in [2.05, 4.69) is 19.2 Å². The van der Waals surface area contributed by atoms with Gasteiger partial charge in [0, 0.05) is 12.1 Å². The summed E-state index contributed by atoms with van der Waals surface area (Å²) in [5.74, 6) is 1.59. The predicted molar refractivity (Wildman–Crippen MR) is 83.3 cm³/mol. The lowest BCUT2D eigenvalue weighted by molar-refractivity contribution is -0.127. The van der Waals surface area contributed by atoms with Crippen LogP contribution < -0.4 is 11.1 Å². The van der Waals surface area contributed by atoms with Crippen LogP contribution in [0.2, 0.25) is 0 Å². The standard InChI is InChI=1S/C17H32N2O/c1-12(2)13-8-6-7-11-16(13)19-17(20)14-9-4-3-5-10-15(14)18/h12-16H,3-11,18H2,1-2H3,(H,19,20). The van der Waals surface area contributed by atoms with Gasteiger partial charge in [-0.05, 0) is 37.5 Å². The fourth-order valence-electron chi connectivity index (χ4n) is 4.09. The van der Waals surface area contributed by atoms with Gasteiger partial charge in [-0.2, -0.15) is 0 Å². The maximum atomic E-state index is 12.6. The van der Waals surface area contributed by atoms with Crippen molar-refractivity contribution in [2.24, 2.45) is 23.5 Å². The van der Waals surface area contributed by atoms with Crippen LogP contribution >= 0.6 is 0 Å². The Bertz CT molecular complexity index is 316. The highest BCUT2D eigenvalue weighted by atomic mass is 16.2. The van der Waals surface area contributed by atoms with Crippen LogP contribution in [-0.4, -0.2) is 18.0 Å². The highest BCUT2D eigenvalue weighted by Gasteiger charge is 2.32. The molecule has 0 heterocycles. The molecule has 0 radical (unpaired) electrons. The lowest BCUT2D eigenvalue weighted by Crippen LogP contribution is -2.49. The smallest absolute Gasteiger partial charge is 0.224 e. The van der Waals surface area contributed by atoms with Crippen molar-refractivity contribution in [2.45, 2.75) is 83.7 Å². The van der Waals surface area contributed by atoms with Crippen LogP contribution in [0.5, 0.6) is 0 Å². The number of carbonyl (C=O) groups is 1. The molecule has 3 nitrogen and oxygen atoms in total. The van der Waals surface area contributed by atoms with Crippen molar-refractivity contribution in [1.82, 2.24) is 5.32 Å². The Morgan fingerprint density at radius 2 is 1.65 bits per heavy atom. The van der Waals surface area contributed by atoms with E-state index in [0.29, 0.717) is 17.9 Å². The van der Waals surface area contributed by atoms with Gasteiger partial charge in [-0.15, -0.1) is 0 Å². The molecule has 3 heteroatoms. The number of nitrogens with two attached hydrogens (primary N) is 1. The monoisotopic (exact) mass is 280 g/mol. The van der Waals surface area contributed by atoms with Crippen molar-refractivity contribution >= 4 is 5.91 Å². The largest absolute Gasteiger partial charge is 0.353 e. The lowest BCUT2D eigenvalue weighted by atomic mass is 9.77. The van der Waals surface area contributed by atoms with Gasteiger partial charge in [-0.25, -0.2) is 0 Å². The van der Waals surface area contributed by atoms with E-state index >= 15 is 0 Å². The number of amides is 1. The number of hydrogen-bond donors (Lipinski definition) is 2. The third-order valence-corrected chi connectivity index (χ3v) is 5.41. The van der Waals surface area contributed by atoms with Gasteiger partial charge in [0.1, 0.15) is 0 Å². The summed E-state index contributed by atoms with van der Waals surface area (Å²) in [7, 11) is 0. The van der Waals surface area contributed by atoms with Gasteiger partial charge in [0.05, 0.1) is 5.92 Å². The molecule has 2 aliphatic rings. The van der Waals surface area contributed by atoms with Crippen LogP contribution in [0.25, 0.3) is 0 Å². The van der Waals surface area contributed by atoms with Gasteiger partial charge >= 0.3 is 0 Å². The average Bonchev–Trinajstić information content (AvgIpc) is 2.63. The quantitative estimate of drug-likeness (QED) is 0.780. The SMILES string of the molecule is CC(C)C1CCCCC1NC(=O)C1CCCCCC1N. The Labute approximate surface area is 124 Å². The van der Waals surface area contributed by atoms with E-state index < -0.39 is 0 Å². The summed E-state index contributed by atoms with van der Waals surface area (Å²) in [6.45, 7) is 4.57. The molecule has 2 fully saturated rings. The Balaban J connectivity index is 1.94. The Morgan fingerprint density at radius 1 is 1.00 bits per heavy atom. The molecule has 3 N–H and O–H groups in total. The van der Waals surface area contributed by atoms with E-state index in [9.17, 15) is 4.79 Å². The van der Waals surface area contributed by atoms with Gasteiger partial charge in [0.15, 0.2) is 0 Å². The van der Waals surface area contributed by atoms with Crippen molar-refractivity contribution in [3.63, 3.8) is 0 Å². The first kappa shape index (κ1) is 15.8. The molecule has 4 unspecified atom stereocenters. The van der Waals surface area contributed by atoms with Crippen LogP contribution in [0.4, 0.5) is 0 Å². The molecular weight excluding hydrogens is 248 g/mol. The van der Waals surface area contributed by atoms with Crippen molar-refractivity contribution in [3.8, 4) is 0 Å². The first-order chi connectivity index (χ1) is 9.59. The van der Waals surface area contributed by atoms with Gasteiger partial charge in [-0.1, -0.05) is 46.0 Å². The summed E-state index contributed by atoms with van der Waals surface area (Å²) < 4.78 is 0. The molecule has 2 rings (SSSR count). The molecule has 2 aliphatic carbocycles. The first-order valence-electron chi connectivity index (χ1n) is 8.65. The zero-order valence-electron chi connectivity index (χ0n) is 13.2. The maximum Gasteiger partial charge on any atom is 0.224 e. The Kier molecular flexibility index (Phi) is 5.88. The summed E-state index contributed by atoms with van der Waals surface area (Å²) in [4.78, 5) is 12.6. The van der Waals surface area contributed by atoms with E-state index in [0.717, 1.165) is 25.7 Å². The third kappa shape index (κ3) is 3.97. The van der Waals surface area contributed by atoms with Crippen LogP contribution in [0.1, 0.15) is 71.6 Å². The number of carbonyl (C=O) groups excluding carboxylic acids is 1. The number of rotatable bonds is 3. The van der Waals surface area contributed by atoms with Crippen molar-refractivity contribution in [3.05, 3.63) is 0 Å². The van der Waals surface area contributed by atoms with Crippen LogP contribution in [-0.2, 0) is 4.79 Å². The molecule has 0 aliphatic heterocycles. The second kappa shape index (κ2) is 7.44. The number of hydrogen-bond acceptors (Lipinski definition) is 2. The highest BCUT2D eigenvalue weighted by Crippen LogP contribution is 2.31. The summed E-state index contributed by atoms with van der Waals surface area (Å²) in [6.07, 6.45) is 10.5. The molecule has 1 amide bonds. The van der Waals surface area contributed by atoms with E-state index in [1.54, 1.807) is 0 Å². The molecule has 2 saturated carbocycles. The minimum absolute atomic E-state index is 0.0484. The Hall–Kier alpha value is -0.570. The molecule has 0 saturated heterocycles. The lowest BCUT2D eigenvalue weighted by Gasteiger charge is -2.36. The van der Waals surface area contributed by atoms with E-state index in [4.69, 9.17) is 5.73 Å². The molecule has 20 heavy (non-hydrogen) atoms. The topological polar surface area (TPSA) is 55.1 Å². The fourth-order valence-corrected chi connectivity index (χ4v) is 4.09. The summed E-state index contributed by atoms with van der Waals surface area (Å²) >= 11 is 0. The number of nitrogens with one attached hydrogen (secondary N) is 1. The highest BCUT2D eigenvalue weighted by molar-refractivity contribution is 5.79. The minimum atomic E-state index is 0.0484. The maximum absolute atomic E-state index is 12.6.